The van der Waals surface area contributed by atoms with Gasteiger partial charge in [-0.2, -0.15) is 0 Å². The summed E-state index contributed by atoms with van der Waals surface area (Å²) < 4.78 is 0. The number of aromatic nitrogens is 1. The quantitative estimate of drug-likeness (QED) is 0.869. The van der Waals surface area contributed by atoms with Gasteiger partial charge in [-0.15, -0.1) is 0 Å². The van der Waals surface area contributed by atoms with E-state index >= 15 is 0 Å². The molecule has 0 saturated carbocycles. The molecule has 0 radical (unpaired) electrons. The van der Waals surface area contributed by atoms with Crippen LogP contribution in [0.1, 0.15) is 19.3 Å². The van der Waals surface area contributed by atoms with E-state index in [1.807, 2.05) is 29.4 Å². The van der Waals surface area contributed by atoms with Gasteiger partial charge in [-0.25, -0.2) is 0 Å². The van der Waals surface area contributed by atoms with E-state index in [9.17, 15) is 4.79 Å². The molecule has 2 aliphatic rings. The van der Waals surface area contributed by atoms with Crippen LogP contribution >= 0.6 is 0 Å². The Kier molecular flexibility index (Phi) is 3.87. The Morgan fingerprint density at radius 2 is 1.85 bits per heavy atom. The van der Waals surface area contributed by atoms with Crippen LogP contribution in [0, 0.1) is 5.92 Å². The second-order valence-electron chi connectivity index (χ2n) is 5.80. The highest BCUT2D eigenvalue weighted by molar-refractivity contribution is 5.79. The highest BCUT2D eigenvalue weighted by Crippen LogP contribution is 2.25. The highest BCUT2D eigenvalue weighted by atomic mass is 16.2. The molecule has 2 N–H and O–H groups in total. The molecular weight excluding hydrogens is 252 g/mol. The standard InChI is InChI=1S/C15H22N4O/c16-13-5-10-19(11-13)15(20)12-3-8-18(9-4-12)14-1-6-17-7-2-14/h1-2,6-7,12-13H,3-5,8-11,16H2. The third-order valence-corrected chi connectivity index (χ3v) is 4.41. The summed E-state index contributed by atoms with van der Waals surface area (Å²) in [6, 6.07) is 4.24. The highest BCUT2D eigenvalue weighted by Gasteiger charge is 2.31. The summed E-state index contributed by atoms with van der Waals surface area (Å²) in [6.45, 7) is 3.47. The van der Waals surface area contributed by atoms with Crippen molar-refractivity contribution in [1.82, 2.24) is 9.88 Å². The average Bonchev–Trinajstić information content (AvgIpc) is 2.94. The molecule has 5 heteroatoms. The lowest BCUT2D eigenvalue weighted by Crippen LogP contribution is -2.42. The molecule has 1 amide bonds. The fraction of sp³-hybridized carbons (Fsp3) is 0.600. The fourth-order valence-corrected chi connectivity index (χ4v) is 3.19. The van der Waals surface area contributed by atoms with Crippen molar-refractivity contribution in [3.63, 3.8) is 0 Å². The summed E-state index contributed by atoms with van der Waals surface area (Å²) in [5.74, 6) is 0.491. The van der Waals surface area contributed by atoms with Crippen LogP contribution < -0.4 is 10.6 Å². The summed E-state index contributed by atoms with van der Waals surface area (Å²) in [4.78, 5) is 20.8. The molecule has 1 aromatic heterocycles. The monoisotopic (exact) mass is 274 g/mol. The first-order valence-electron chi connectivity index (χ1n) is 7.43. The number of nitrogens with two attached hydrogens (primary N) is 1. The van der Waals surface area contributed by atoms with Gasteiger partial charge < -0.3 is 15.5 Å². The van der Waals surface area contributed by atoms with E-state index in [-0.39, 0.29) is 12.0 Å². The minimum absolute atomic E-state index is 0.177. The van der Waals surface area contributed by atoms with Crippen LogP contribution in [0.3, 0.4) is 0 Å². The number of amides is 1. The van der Waals surface area contributed by atoms with E-state index in [1.54, 1.807) is 0 Å². The van der Waals surface area contributed by atoms with Gasteiger partial charge in [0.2, 0.25) is 5.91 Å². The zero-order valence-corrected chi connectivity index (χ0v) is 11.7. The second kappa shape index (κ2) is 5.79. The van der Waals surface area contributed by atoms with Crippen LogP contribution in [-0.2, 0) is 4.79 Å². The van der Waals surface area contributed by atoms with Gasteiger partial charge in [0.25, 0.3) is 0 Å². The van der Waals surface area contributed by atoms with Crippen molar-refractivity contribution in [3.8, 4) is 0 Å². The molecule has 2 fully saturated rings. The molecule has 0 aliphatic carbocycles. The lowest BCUT2D eigenvalue weighted by atomic mass is 9.95. The van der Waals surface area contributed by atoms with E-state index in [1.165, 1.54) is 5.69 Å². The number of carbonyl (C=O) groups is 1. The van der Waals surface area contributed by atoms with Gasteiger partial charge in [0.15, 0.2) is 0 Å². The number of likely N-dealkylation sites (tertiary alicyclic amines) is 1. The molecule has 3 rings (SSSR count). The largest absolute Gasteiger partial charge is 0.371 e. The Morgan fingerprint density at radius 3 is 2.45 bits per heavy atom. The van der Waals surface area contributed by atoms with Crippen molar-refractivity contribution in [2.45, 2.75) is 25.3 Å². The predicted octanol–water partition coefficient (Wildman–Crippen LogP) is 0.858. The molecule has 5 nitrogen and oxygen atoms in total. The Morgan fingerprint density at radius 1 is 1.15 bits per heavy atom. The lowest BCUT2D eigenvalue weighted by molar-refractivity contribution is -0.135. The Balaban J connectivity index is 1.55. The van der Waals surface area contributed by atoms with E-state index in [2.05, 4.69) is 9.88 Å². The first kappa shape index (κ1) is 13.4. The first-order valence-corrected chi connectivity index (χ1v) is 7.43. The summed E-state index contributed by atoms with van der Waals surface area (Å²) >= 11 is 0. The molecule has 2 saturated heterocycles. The minimum atomic E-state index is 0.177. The van der Waals surface area contributed by atoms with Gasteiger partial charge in [-0.3, -0.25) is 9.78 Å². The number of piperidine rings is 1. The van der Waals surface area contributed by atoms with Gasteiger partial charge in [-0.1, -0.05) is 0 Å². The van der Waals surface area contributed by atoms with E-state index in [0.29, 0.717) is 5.91 Å². The van der Waals surface area contributed by atoms with Gasteiger partial charge in [0.1, 0.15) is 0 Å². The zero-order valence-electron chi connectivity index (χ0n) is 11.7. The number of pyridine rings is 1. The number of nitrogens with zero attached hydrogens (tertiary/aromatic N) is 3. The smallest absolute Gasteiger partial charge is 0.225 e. The maximum atomic E-state index is 12.4. The molecule has 0 aromatic carbocycles. The normalized spacial score (nSPS) is 24.1. The topological polar surface area (TPSA) is 62.5 Å². The molecule has 1 atom stereocenters. The molecular formula is C15H22N4O. The molecule has 1 unspecified atom stereocenters. The van der Waals surface area contributed by atoms with Crippen LogP contribution in [-0.4, -0.2) is 48.0 Å². The first-order chi connectivity index (χ1) is 9.74. The number of rotatable bonds is 2. The van der Waals surface area contributed by atoms with Crippen molar-refractivity contribution in [1.29, 1.82) is 0 Å². The fourth-order valence-electron chi connectivity index (χ4n) is 3.19. The third kappa shape index (κ3) is 2.77. The number of carbonyl (C=O) groups excluding carboxylic acids is 1. The van der Waals surface area contributed by atoms with Crippen LogP contribution in [0.4, 0.5) is 5.69 Å². The van der Waals surface area contributed by atoms with Gasteiger partial charge in [-0.05, 0) is 31.4 Å². The Bertz CT molecular complexity index is 456. The SMILES string of the molecule is NC1CCN(C(=O)C2CCN(c3ccncc3)CC2)C1. The maximum absolute atomic E-state index is 12.4. The third-order valence-electron chi connectivity index (χ3n) is 4.41. The maximum Gasteiger partial charge on any atom is 0.225 e. The summed E-state index contributed by atoms with van der Waals surface area (Å²) in [5, 5.41) is 0. The van der Waals surface area contributed by atoms with Crippen molar-refractivity contribution in [2.24, 2.45) is 11.7 Å². The predicted molar refractivity (Wildman–Crippen MR) is 78.3 cm³/mol. The van der Waals surface area contributed by atoms with Gasteiger partial charge in [0, 0.05) is 56.2 Å². The summed E-state index contributed by atoms with van der Waals surface area (Å²) in [5.41, 5.74) is 7.09. The van der Waals surface area contributed by atoms with E-state index < -0.39 is 0 Å². The van der Waals surface area contributed by atoms with E-state index in [0.717, 1.165) is 45.4 Å². The van der Waals surface area contributed by atoms with Crippen LogP contribution in [0.25, 0.3) is 0 Å². The minimum Gasteiger partial charge on any atom is -0.371 e. The zero-order chi connectivity index (χ0) is 13.9. The van der Waals surface area contributed by atoms with Crippen LogP contribution in [0.5, 0.6) is 0 Å². The van der Waals surface area contributed by atoms with Crippen LogP contribution in [0.2, 0.25) is 0 Å². The van der Waals surface area contributed by atoms with Crippen LogP contribution in [0.15, 0.2) is 24.5 Å². The van der Waals surface area contributed by atoms with Gasteiger partial charge in [0.05, 0.1) is 0 Å². The molecule has 108 valence electrons. The molecule has 0 bridgehead atoms. The number of anilines is 1. The number of hydrogen-bond donors (Lipinski definition) is 1. The second-order valence-corrected chi connectivity index (χ2v) is 5.80. The van der Waals surface area contributed by atoms with Gasteiger partial charge >= 0.3 is 0 Å². The average molecular weight is 274 g/mol. The van der Waals surface area contributed by atoms with Crippen molar-refractivity contribution < 1.29 is 4.79 Å². The Hall–Kier alpha value is -1.62. The van der Waals surface area contributed by atoms with Crippen molar-refractivity contribution in [3.05, 3.63) is 24.5 Å². The van der Waals surface area contributed by atoms with E-state index in [4.69, 9.17) is 5.73 Å². The molecule has 20 heavy (non-hydrogen) atoms. The molecule has 1 aromatic rings. The molecule has 3 heterocycles. The lowest BCUT2D eigenvalue weighted by Gasteiger charge is -2.34. The summed E-state index contributed by atoms with van der Waals surface area (Å²) in [6.07, 6.45) is 6.46. The van der Waals surface area contributed by atoms with Crippen molar-refractivity contribution in [2.75, 3.05) is 31.1 Å². The molecule has 2 aliphatic heterocycles. The Labute approximate surface area is 119 Å². The summed E-state index contributed by atoms with van der Waals surface area (Å²) in [7, 11) is 0. The number of hydrogen-bond acceptors (Lipinski definition) is 4. The van der Waals surface area contributed by atoms with Crippen molar-refractivity contribution >= 4 is 11.6 Å². The molecule has 0 spiro atoms.